The van der Waals surface area contributed by atoms with Gasteiger partial charge in [0.15, 0.2) is 5.75 Å². The van der Waals surface area contributed by atoms with E-state index in [0.717, 1.165) is 0 Å². The minimum Gasteiger partial charge on any atom is -0.403 e. The Hall–Kier alpha value is -0.780. The molecule has 0 fully saturated rings. The molecule has 1 aromatic rings. The molecule has 0 bridgehead atoms. The Morgan fingerprint density at radius 1 is 1.22 bits per heavy atom. The van der Waals surface area contributed by atoms with E-state index >= 15 is 0 Å². The van der Waals surface area contributed by atoms with Crippen molar-refractivity contribution in [1.29, 1.82) is 0 Å². The van der Waals surface area contributed by atoms with Crippen LogP contribution in [0.3, 0.4) is 0 Å². The number of pyridine rings is 1. The minimum absolute atomic E-state index is 0.161. The van der Waals surface area contributed by atoms with Gasteiger partial charge in [-0.25, -0.2) is 4.98 Å². The van der Waals surface area contributed by atoms with Crippen LogP contribution in [0.15, 0.2) is 6.07 Å². The van der Waals surface area contributed by atoms with Gasteiger partial charge in [0.1, 0.15) is 3.70 Å². The van der Waals surface area contributed by atoms with Crippen LogP contribution in [-0.4, -0.2) is 16.5 Å². The smallest absolute Gasteiger partial charge is 0.403 e. The maximum absolute atomic E-state index is 12.5. The largest absolute Gasteiger partial charge is 0.573 e. The predicted molar refractivity (Wildman–Crippen MR) is 54.6 cm³/mol. The number of ether oxygens (including phenoxy) is 1. The molecule has 0 saturated heterocycles. The normalized spacial score (nSPS) is 12.7. The first kappa shape index (κ1) is 15.3. The van der Waals surface area contributed by atoms with E-state index < -0.39 is 39.9 Å². The van der Waals surface area contributed by atoms with Crippen LogP contribution in [0.1, 0.15) is 11.3 Å². The van der Waals surface area contributed by atoms with Crippen molar-refractivity contribution < 1.29 is 36.2 Å². The van der Waals surface area contributed by atoms with Gasteiger partial charge in [0.05, 0.1) is 17.9 Å². The molecule has 10 heteroatoms. The predicted octanol–water partition coefficient (Wildman–Crippen LogP) is 3.10. The summed E-state index contributed by atoms with van der Waals surface area (Å²) in [6.07, 6.45) is -10.1. The average Bonchev–Trinajstić information content (AvgIpc) is 2.16. The molecule has 3 nitrogen and oxygen atoms in total. The molecule has 0 saturated carbocycles. The van der Waals surface area contributed by atoms with Gasteiger partial charge < -0.3 is 9.84 Å². The summed E-state index contributed by atoms with van der Waals surface area (Å²) in [5.41, 5.74) is -2.23. The molecule has 102 valence electrons. The lowest BCUT2D eigenvalue weighted by atomic mass is 10.2. The van der Waals surface area contributed by atoms with Crippen LogP contribution in [-0.2, 0) is 12.8 Å². The fraction of sp³-hybridized carbons (Fsp3) is 0.375. The molecule has 18 heavy (non-hydrogen) atoms. The van der Waals surface area contributed by atoms with Crippen molar-refractivity contribution in [3.05, 3.63) is 21.0 Å². The molecule has 0 aliphatic heterocycles. The van der Waals surface area contributed by atoms with Crippen molar-refractivity contribution in [2.45, 2.75) is 19.1 Å². The number of alkyl halides is 6. The van der Waals surface area contributed by atoms with Crippen LogP contribution in [0.25, 0.3) is 0 Å². The van der Waals surface area contributed by atoms with Crippen molar-refractivity contribution in [2.75, 3.05) is 0 Å². The lowest BCUT2D eigenvalue weighted by Gasteiger charge is -2.15. The highest BCUT2D eigenvalue weighted by atomic mass is 127. The second-order valence-corrected chi connectivity index (χ2v) is 4.00. The second-order valence-electron chi connectivity index (χ2n) is 2.98. The van der Waals surface area contributed by atoms with E-state index in [4.69, 9.17) is 5.11 Å². The second kappa shape index (κ2) is 5.07. The van der Waals surface area contributed by atoms with E-state index in [1.54, 1.807) is 0 Å². The Balaban J connectivity index is 3.31. The lowest BCUT2D eigenvalue weighted by Crippen LogP contribution is -2.20. The molecule has 0 unspecified atom stereocenters. The van der Waals surface area contributed by atoms with Crippen LogP contribution in [0, 0.1) is 3.70 Å². The van der Waals surface area contributed by atoms with E-state index in [9.17, 15) is 26.3 Å². The molecule has 1 heterocycles. The van der Waals surface area contributed by atoms with Gasteiger partial charge in [-0.05, 0) is 28.7 Å². The first-order valence-corrected chi connectivity index (χ1v) is 5.25. The van der Waals surface area contributed by atoms with Crippen LogP contribution >= 0.6 is 22.6 Å². The molecule has 0 aromatic carbocycles. The number of hydrogen-bond acceptors (Lipinski definition) is 3. The fourth-order valence-corrected chi connectivity index (χ4v) is 1.63. The van der Waals surface area contributed by atoms with Crippen molar-refractivity contribution in [1.82, 2.24) is 4.98 Å². The zero-order chi connectivity index (χ0) is 14.1. The topological polar surface area (TPSA) is 42.4 Å². The summed E-state index contributed by atoms with van der Waals surface area (Å²) in [7, 11) is 0. The lowest BCUT2D eigenvalue weighted by molar-refractivity contribution is -0.275. The molecule has 0 radical (unpaired) electrons. The molecule has 1 N–H and O–H groups in total. The Labute approximate surface area is 110 Å². The number of aliphatic hydroxyl groups excluding tert-OH is 1. The van der Waals surface area contributed by atoms with Gasteiger partial charge in [-0.1, -0.05) is 0 Å². The van der Waals surface area contributed by atoms with E-state index in [1.165, 1.54) is 22.6 Å². The Morgan fingerprint density at radius 3 is 2.17 bits per heavy atom. The highest BCUT2D eigenvalue weighted by Crippen LogP contribution is 2.36. The summed E-state index contributed by atoms with van der Waals surface area (Å²) < 4.78 is 76.3. The zero-order valence-corrected chi connectivity index (χ0v) is 10.4. The fourth-order valence-electron chi connectivity index (χ4n) is 1.07. The monoisotopic (exact) mass is 387 g/mol. The summed E-state index contributed by atoms with van der Waals surface area (Å²) in [4.78, 5) is 3.23. The Bertz CT molecular complexity index is 444. The van der Waals surface area contributed by atoms with Crippen molar-refractivity contribution in [3.8, 4) is 5.75 Å². The number of hydrogen-bond donors (Lipinski definition) is 1. The summed E-state index contributed by atoms with van der Waals surface area (Å²) in [5, 5.41) is 8.70. The third-order valence-electron chi connectivity index (χ3n) is 1.70. The van der Waals surface area contributed by atoms with E-state index in [1.807, 2.05) is 0 Å². The molecule has 1 rings (SSSR count). The highest BCUT2D eigenvalue weighted by Gasteiger charge is 2.38. The summed E-state index contributed by atoms with van der Waals surface area (Å²) >= 11 is 1.28. The van der Waals surface area contributed by atoms with Gasteiger partial charge in [0, 0.05) is 0 Å². The first-order chi connectivity index (χ1) is 8.04. The van der Waals surface area contributed by atoms with Gasteiger partial charge in [-0.3, -0.25) is 0 Å². The van der Waals surface area contributed by atoms with E-state index in [0.29, 0.717) is 0 Å². The van der Waals surface area contributed by atoms with Crippen LogP contribution in [0.5, 0.6) is 5.75 Å². The van der Waals surface area contributed by atoms with Crippen molar-refractivity contribution >= 4 is 22.6 Å². The van der Waals surface area contributed by atoms with Crippen molar-refractivity contribution in [2.24, 2.45) is 0 Å². The van der Waals surface area contributed by atoms with Gasteiger partial charge in [0.2, 0.25) is 0 Å². The minimum atomic E-state index is -5.12. The van der Waals surface area contributed by atoms with Gasteiger partial charge >= 0.3 is 12.5 Å². The van der Waals surface area contributed by atoms with Crippen LogP contribution in [0.4, 0.5) is 26.3 Å². The quantitative estimate of drug-likeness (QED) is 0.482. The van der Waals surface area contributed by atoms with Gasteiger partial charge in [0.25, 0.3) is 0 Å². The number of aliphatic hydroxyl groups is 1. The van der Waals surface area contributed by atoms with Gasteiger partial charge in [-0.15, -0.1) is 13.2 Å². The van der Waals surface area contributed by atoms with Gasteiger partial charge in [-0.2, -0.15) is 13.2 Å². The Morgan fingerprint density at radius 2 is 1.78 bits per heavy atom. The standard InChI is InChI=1S/C8H4F6INO2/c9-7(10,11)3-1-5(18-8(12,13)14)6(15)16-4(3)2-17/h1,17H,2H2. The maximum atomic E-state index is 12.5. The number of aromatic nitrogens is 1. The third kappa shape index (κ3) is 3.86. The summed E-state index contributed by atoms with van der Waals surface area (Å²) in [5.74, 6) is -1.06. The van der Waals surface area contributed by atoms with Crippen LogP contribution < -0.4 is 4.74 Å². The van der Waals surface area contributed by atoms with E-state index in [2.05, 4.69) is 9.72 Å². The van der Waals surface area contributed by atoms with E-state index in [-0.39, 0.29) is 6.07 Å². The SMILES string of the molecule is OCc1nc(I)c(OC(F)(F)F)cc1C(F)(F)F. The van der Waals surface area contributed by atoms with Crippen molar-refractivity contribution in [3.63, 3.8) is 0 Å². The average molecular weight is 387 g/mol. The number of rotatable bonds is 2. The zero-order valence-electron chi connectivity index (χ0n) is 8.23. The molecule has 1 aromatic heterocycles. The third-order valence-corrected chi connectivity index (χ3v) is 2.48. The maximum Gasteiger partial charge on any atom is 0.573 e. The number of nitrogens with zero attached hydrogens (tertiary/aromatic N) is 1. The molecular weight excluding hydrogens is 383 g/mol. The first-order valence-electron chi connectivity index (χ1n) is 4.18. The molecular formula is C8H4F6INO2. The molecule has 0 aliphatic carbocycles. The summed E-state index contributed by atoms with van der Waals surface area (Å²) in [6.45, 7) is -1.04. The molecule has 0 spiro atoms. The number of halogens is 7. The highest BCUT2D eigenvalue weighted by molar-refractivity contribution is 14.1. The Kier molecular flexibility index (Phi) is 4.30. The molecule has 0 atom stereocenters. The van der Waals surface area contributed by atoms with Crippen LogP contribution in [0.2, 0.25) is 0 Å². The molecule has 0 amide bonds. The summed E-state index contributed by atoms with van der Waals surface area (Å²) in [6, 6.07) is 0.161. The molecule has 0 aliphatic rings.